The van der Waals surface area contributed by atoms with Gasteiger partial charge in [0, 0.05) is 33.5 Å². The van der Waals surface area contributed by atoms with Gasteiger partial charge < -0.3 is 9.80 Å². The second-order valence-electron chi connectivity index (χ2n) is 7.43. The fourth-order valence-electron chi connectivity index (χ4n) is 4.22. The number of hydrogen-bond donors (Lipinski definition) is 0. The molecular weight excluding hydrogens is 336 g/mol. The van der Waals surface area contributed by atoms with Gasteiger partial charge in [0.25, 0.3) is 0 Å². The number of likely N-dealkylation sites (tertiary alicyclic amines) is 1. The molecule has 1 fully saturated rings. The van der Waals surface area contributed by atoms with Crippen molar-refractivity contribution in [2.24, 2.45) is 0 Å². The first-order chi connectivity index (χ1) is 13.0. The lowest BCUT2D eigenvalue weighted by molar-refractivity contribution is -0.149. The normalized spacial score (nSPS) is 19.1. The molecular formula is C23H28N2O2. The van der Waals surface area contributed by atoms with E-state index < -0.39 is 5.54 Å². The summed E-state index contributed by atoms with van der Waals surface area (Å²) in [5, 5.41) is 0. The molecule has 1 unspecified atom stereocenters. The zero-order valence-corrected chi connectivity index (χ0v) is 16.4. The lowest BCUT2D eigenvalue weighted by atomic mass is 9.83. The van der Waals surface area contributed by atoms with Crippen LogP contribution in [0.3, 0.4) is 0 Å². The summed E-state index contributed by atoms with van der Waals surface area (Å²) in [5.41, 5.74) is 2.57. The van der Waals surface area contributed by atoms with Crippen molar-refractivity contribution in [2.75, 3.05) is 20.6 Å². The number of hydrogen-bond acceptors (Lipinski definition) is 2. The molecule has 1 atom stereocenters. The van der Waals surface area contributed by atoms with E-state index in [-0.39, 0.29) is 11.8 Å². The Morgan fingerprint density at radius 2 is 1.70 bits per heavy atom. The quantitative estimate of drug-likeness (QED) is 0.811. The molecule has 2 aromatic carbocycles. The molecule has 1 aliphatic heterocycles. The van der Waals surface area contributed by atoms with Gasteiger partial charge in [0.2, 0.25) is 11.8 Å². The number of nitrogens with zero attached hydrogens (tertiary/aromatic N) is 2. The number of carbonyl (C=O) groups excluding carboxylic acids is 2. The Bertz CT molecular complexity index is 816. The van der Waals surface area contributed by atoms with Crippen LogP contribution in [0.15, 0.2) is 54.6 Å². The van der Waals surface area contributed by atoms with E-state index in [1.54, 1.807) is 19.0 Å². The molecule has 1 aliphatic rings. The van der Waals surface area contributed by atoms with Crippen LogP contribution in [0.5, 0.6) is 0 Å². The summed E-state index contributed by atoms with van der Waals surface area (Å²) in [5.74, 6) is 0.0737. The number of likely N-dealkylation sites (N-methyl/N-ethyl adjacent to an activating group) is 1. The maximum Gasteiger partial charge on any atom is 0.248 e. The van der Waals surface area contributed by atoms with E-state index in [2.05, 4.69) is 24.3 Å². The summed E-state index contributed by atoms with van der Waals surface area (Å²) < 4.78 is 0. The summed E-state index contributed by atoms with van der Waals surface area (Å²) in [6, 6.07) is 18.4. The molecule has 142 valence electrons. The molecule has 0 spiro atoms. The Hall–Kier alpha value is -2.62. The second-order valence-corrected chi connectivity index (χ2v) is 7.43. The van der Waals surface area contributed by atoms with Crippen LogP contribution >= 0.6 is 0 Å². The Labute approximate surface area is 161 Å². The molecule has 2 amide bonds. The molecule has 0 N–H and O–H groups in total. The van der Waals surface area contributed by atoms with Gasteiger partial charge in [-0.3, -0.25) is 9.59 Å². The highest BCUT2D eigenvalue weighted by molar-refractivity contribution is 5.92. The highest BCUT2D eigenvalue weighted by Crippen LogP contribution is 2.37. The number of carbonyl (C=O) groups is 2. The standard InChI is InChI=1S/C23H28N2O2/c1-4-21(26)25-16-10-15-23(25,22(27)24(2)3)17-19-13-8-9-14-20(19)18-11-6-5-7-12-18/h5-9,11-14H,4,10,15-17H2,1-3H3. The van der Waals surface area contributed by atoms with Crippen LogP contribution in [0.25, 0.3) is 11.1 Å². The minimum Gasteiger partial charge on any atom is -0.347 e. The average molecular weight is 364 g/mol. The van der Waals surface area contributed by atoms with Crippen LogP contribution in [-0.4, -0.2) is 47.8 Å². The van der Waals surface area contributed by atoms with E-state index in [4.69, 9.17) is 0 Å². The van der Waals surface area contributed by atoms with Gasteiger partial charge in [0.05, 0.1) is 0 Å². The van der Waals surface area contributed by atoms with Crippen molar-refractivity contribution in [2.45, 2.75) is 38.1 Å². The maximum atomic E-state index is 13.3. The molecule has 0 bridgehead atoms. The highest BCUT2D eigenvalue weighted by atomic mass is 16.2. The van der Waals surface area contributed by atoms with Crippen LogP contribution in [0, 0.1) is 0 Å². The van der Waals surface area contributed by atoms with E-state index >= 15 is 0 Å². The highest BCUT2D eigenvalue weighted by Gasteiger charge is 2.50. The Kier molecular flexibility index (Phi) is 5.64. The van der Waals surface area contributed by atoms with Crippen LogP contribution in [0.1, 0.15) is 31.7 Å². The van der Waals surface area contributed by atoms with Crippen molar-refractivity contribution in [1.82, 2.24) is 9.80 Å². The molecule has 0 saturated carbocycles. The minimum atomic E-state index is -0.790. The lowest BCUT2D eigenvalue weighted by Gasteiger charge is -2.39. The van der Waals surface area contributed by atoms with Crippen molar-refractivity contribution in [1.29, 1.82) is 0 Å². The fourth-order valence-corrected chi connectivity index (χ4v) is 4.22. The molecule has 0 aromatic heterocycles. The smallest absolute Gasteiger partial charge is 0.248 e. The van der Waals surface area contributed by atoms with Gasteiger partial charge in [-0.1, -0.05) is 61.5 Å². The Balaban J connectivity index is 2.07. The van der Waals surface area contributed by atoms with Crippen molar-refractivity contribution in [3.05, 3.63) is 60.2 Å². The first kappa shape index (κ1) is 19.2. The van der Waals surface area contributed by atoms with Gasteiger partial charge >= 0.3 is 0 Å². The van der Waals surface area contributed by atoms with Crippen LogP contribution < -0.4 is 0 Å². The van der Waals surface area contributed by atoms with Crippen molar-refractivity contribution in [3.8, 4) is 11.1 Å². The predicted octanol–water partition coefficient (Wildman–Crippen LogP) is 3.76. The summed E-state index contributed by atoms with van der Waals surface area (Å²) in [6.07, 6.45) is 2.53. The Morgan fingerprint density at radius 1 is 1.04 bits per heavy atom. The second kappa shape index (κ2) is 7.95. The summed E-state index contributed by atoms with van der Waals surface area (Å²) in [4.78, 5) is 29.4. The molecule has 1 saturated heterocycles. The third-order valence-corrected chi connectivity index (χ3v) is 5.48. The molecule has 2 aromatic rings. The zero-order chi connectivity index (χ0) is 19.4. The van der Waals surface area contributed by atoms with Gasteiger partial charge in [0.1, 0.15) is 5.54 Å². The van der Waals surface area contributed by atoms with E-state index in [1.165, 1.54) is 0 Å². The van der Waals surface area contributed by atoms with Crippen LogP contribution in [0.2, 0.25) is 0 Å². The van der Waals surface area contributed by atoms with E-state index in [0.717, 1.165) is 23.1 Å². The molecule has 4 heteroatoms. The number of rotatable bonds is 5. The molecule has 1 heterocycles. The van der Waals surface area contributed by atoms with Gasteiger partial charge in [-0.15, -0.1) is 0 Å². The van der Waals surface area contributed by atoms with Crippen molar-refractivity contribution >= 4 is 11.8 Å². The monoisotopic (exact) mass is 364 g/mol. The predicted molar refractivity (Wildman–Crippen MR) is 108 cm³/mol. The summed E-state index contributed by atoms with van der Waals surface area (Å²) in [7, 11) is 3.56. The Morgan fingerprint density at radius 3 is 2.37 bits per heavy atom. The summed E-state index contributed by atoms with van der Waals surface area (Å²) in [6.45, 7) is 2.52. The van der Waals surface area contributed by atoms with Crippen LogP contribution in [0.4, 0.5) is 0 Å². The van der Waals surface area contributed by atoms with Crippen molar-refractivity contribution in [3.63, 3.8) is 0 Å². The molecule has 27 heavy (non-hydrogen) atoms. The first-order valence-corrected chi connectivity index (χ1v) is 9.65. The minimum absolute atomic E-state index is 0.0182. The van der Waals surface area contributed by atoms with Crippen LogP contribution in [-0.2, 0) is 16.0 Å². The molecule has 3 rings (SSSR count). The number of amides is 2. The van der Waals surface area contributed by atoms with E-state index in [9.17, 15) is 9.59 Å². The molecule has 0 radical (unpaired) electrons. The van der Waals surface area contributed by atoms with Gasteiger partial charge in [-0.25, -0.2) is 0 Å². The molecule has 4 nitrogen and oxygen atoms in total. The lowest BCUT2D eigenvalue weighted by Crippen LogP contribution is -2.58. The zero-order valence-electron chi connectivity index (χ0n) is 16.4. The SMILES string of the molecule is CCC(=O)N1CCCC1(Cc1ccccc1-c1ccccc1)C(=O)N(C)C. The van der Waals surface area contributed by atoms with E-state index in [1.807, 2.05) is 42.2 Å². The average Bonchev–Trinajstić information content (AvgIpc) is 3.12. The van der Waals surface area contributed by atoms with Gasteiger partial charge in [-0.2, -0.15) is 0 Å². The molecule has 0 aliphatic carbocycles. The van der Waals surface area contributed by atoms with Crippen molar-refractivity contribution < 1.29 is 9.59 Å². The largest absolute Gasteiger partial charge is 0.347 e. The number of benzene rings is 2. The third kappa shape index (κ3) is 3.61. The summed E-state index contributed by atoms with van der Waals surface area (Å²) >= 11 is 0. The third-order valence-electron chi connectivity index (χ3n) is 5.48. The topological polar surface area (TPSA) is 40.6 Å². The fraction of sp³-hybridized carbons (Fsp3) is 0.391. The maximum absolute atomic E-state index is 13.3. The van der Waals surface area contributed by atoms with E-state index in [0.29, 0.717) is 25.8 Å². The van der Waals surface area contributed by atoms with Gasteiger partial charge in [0.15, 0.2) is 0 Å². The first-order valence-electron chi connectivity index (χ1n) is 9.65. The van der Waals surface area contributed by atoms with Gasteiger partial charge in [-0.05, 0) is 29.5 Å².